The zero-order chi connectivity index (χ0) is 7.68. The summed E-state index contributed by atoms with van der Waals surface area (Å²) in [5.41, 5.74) is 0. The van der Waals surface area contributed by atoms with Crippen LogP contribution in [0.4, 0.5) is 0 Å². The van der Waals surface area contributed by atoms with Gasteiger partial charge in [-0.15, -0.1) is 0 Å². The molecule has 1 N–H and O–H groups in total. The van der Waals surface area contributed by atoms with Gasteiger partial charge in [0.2, 0.25) is 0 Å². The lowest BCUT2D eigenvalue weighted by molar-refractivity contribution is 0.189. The van der Waals surface area contributed by atoms with E-state index in [0.717, 1.165) is 12.1 Å². The molecular formula is C9H18N2. The average Bonchev–Trinajstić information content (AvgIpc) is 2.87. The van der Waals surface area contributed by atoms with Crippen LogP contribution in [0.25, 0.3) is 0 Å². The van der Waals surface area contributed by atoms with Crippen LogP contribution >= 0.6 is 0 Å². The molecule has 1 heterocycles. The van der Waals surface area contributed by atoms with Crippen molar-refractivity contribution in [1.29, 1.82) is 0 Å². The Morgan fingerprint density at radius 2 is 2.27 bits per heavy atom. The molecule has 1 saturated heterocycles. The molecule has 11 heavy (non-hydrogen) atoms. The van der Waals surface area contributed by atoms with Gasteiger partial charge in [0.15, 0.2) is 0 Å². The Labute approximate surface area is 69.0 Å². The molecule has 2 nitrogen and oxygen atoms in total. The molecule has 0 bridgehead atoms. The van der Waals surface area contributed by atoms with Crippen molar-refractivity contribution in [2.24, 2.45) is 0 Å². The number of nitrogens with one attached hydrogen (secondary N) is 1. The van der Waals surface area contributed by atoms with Gasteiger partial charge in [0, 0.05) is 31.7 Å². The molecule has 64 valence electrons. The molecule has 2 heteroatoms. The van der Waals surface area contributed by atoms with Crippen molar-refractivity contribution in [2.75, 3.05) is 19.6 Å². The minimum atomic E-state index is 0.768. The van der Waals surface area contributed by atoms with Crippen LogP contribution in [0.5, 0.6) is 0 Å². The second-order valence-corrected chi connectivity index (χ2v) is 3.79. The van der Waals surface area contributed by atoms with E-state index in [0.29, 0.717) is 0 Å². The predicted molar refractivity (Wildman–Crippen MR) is 46.7 cm³/mol. The van der Waals surface area contributed by atoms with E-state index in [1.165, 1.54) is 38.9 Å². The molecule has 1 aliphatic carbocycles. The Bertz CT molecular complexity index is 132. The summed E-state index contributed by atoms with van der Waals surface area (Å²) in [4.78, 5) is 2.66. The van der Waals surface area contributed by atoms with Crippen LogP contribution in [-0.2, 0) is 0 Å². The molecule has 2 fully saturated rings. The summed E-state index contributed by atoms with van der Waals surface area (Å²) in [6.07, 6.45) is 4.19. The largest absolute Gasteiger partial charge is 0.311 e. The third-order valence-corrected chi connectivity index (χ3v) is 2.84. The van der Waals surface area contributed by atoms with E-state index in [4.69, 9.17) is 0 Å². The highest BCUT2D eigenvalue weighted by molar-refractivity contribution is 4.89. The fraction of sp³-hybridized carbons (Fsp3) is 1.00. The van der Waals surface area contributed by atoms with Crippen molar-refractivity contribution in [3.05, 3.63) is 0 Å². The molecule has 0 radical (unpaired) electrons. The van der Waals surface area contributed by atoms with Crippen LogP contribution in [0.15, 0.2) is 0 Å². The van der Waals surface area contributed by atoms with E-state index >= 15 is 0 Å². The minimum absolute atomic E-state index is 0.768. The number of rotatable bonds is 2. The van der Waals surface area contributed by atoms with Crippen LogP contribution in [0.3, 0.4) is 0 Å². The maximum Gasteiger partial charge on any atom is 0.0193 e. The van der Waals surface area contributed by atoms with Gasteiger partial charge in [-0.25, -0.2) is 0 Å². The highest BCUT2D eigenvalue weighted by Gasteiger charge is 2.31. The molecule has 1 unspecified atom stereocenters. The number of hydrogen-bond donors (Lipinski definition) is 1. The smallest absolute Gasteiger partial charge is 0.0193 e. The van der Waals surface area contributed by atoms with Gasteiger partial charge in [0.05, 0.1) is 0 Å². The van der Waals surface area contributed by atoms with Crippen molar-refractivity contribution >= 4 is 0 Å². The fourth-order valence-corrected chi connectivity index (χ4v) is 1.90. The monoisotopic (exact) mass is 154 g/mol. The van der Waals surface area contributed by atoms with Crippen LogP contribution < -0.4 is 5.32 Å². The van der Waals surface area contributed by atoms with Crippen molar-refractivity contribution in [3.63, 3.8) is 0 Å². The highest BCUT2D eigenvalue weighted by atomic mass is 15.2. The van der Waals surface area contributed by atoms with E-state index < -0.39 is 0 Å². The molecule has 1 atom stereocenters. The number of hydrogen-bond acceptors (Lipinski definition) is 2. The molecule has 0 aromatic heterocycles. The van der Waals surface area contributed by atoms with Gasteiger partial charge >= 0.3 is 0 Å². The van der Waals surface area contributed by atoms with E-state index in [1.54, 1.807) is 0 Å². The summed E-state index contributed by atoms with van der Waals surface area (Å²) in [7, 11) is 0. The Morgan fingerprint density at radius 1 is 1.45 bits per heavy atom. The van der Waals surface area contributed by atoms with E-state index in [1.807, 2.05) is 0 Å². The Morgan fingerprint density at radius 3 is 2.91 bits per heavy atom. The summed E-state index contributed by atoms with van der Waals surface area (Å²) >= 11 is 0. The molecule has 0 amide bonds. The molecule has 1 aliphatic heterocycles. The quantitative estimate of drug-likeness (QED) is 0.634. The first-order valence-corrected chi connectivity index (χ1v) is 4.87. The zero-order valence-electron chi connectivity index (χ0n) is 7.34. The lowest BCUT2D eigenvalue weighted by Gasteiger charge is -2.33. The first kappa shape index (κ1) is 7.56. The summed E-state index contributed by atoms with van der Waals surface area (Å²) in [6, 6.07) is 1.73. The van der Waals surface area contributed by atoms with E-state index in [9.17, 15) is 0 Å². The van der Waals surface area contributed by atoms with Gasteiger partial charge in [0.25, 0.3) is 0 Å². The Hall–Kier alpha value is -0.0800. The van der Waals surface area contributed by atoms with Crippen LogP contribution in [0.1, 0.15) is 26.2 Å². The standard InChI is InChI=1S/C9H18N2/c1-2-8-7-11(6-5-10-8)9-3-4-9/h8-10H,2-7H2,1H3. The van der Waals surface area contributed by atoms with E-state index in [2.05, 4.69) is 17.1 Å². The van der Waals surface area contributed by atoms with Gasteiger partial charge in [0.1, 0.15) is 0 Å². The zero-order valence-corrected chi connectivity index (χ0v) is 7.34. The average molecular weight is 154 g/mol. The summed E-state index contributed by atoms with van der Waals surface area (Å²) in [5.74, 6) is 0. The minimum Gasteiger partial charge on any atom is -0.311 e. The molecule has 1 saturated carbocycles. The lowest BCUT2D eigenvalue weighted by atomic mass is 10.1. The molecule has 2 rings (SSSR count). The van der Waals surface area contributed by atoms with Crippen molar-refractivity contribution < 1.29 is 0 Å². The Balaban J connectivity index is 1.82. The highest BCUT2D eigenvalue weighted by Crippen LogP contribution is 2.27. The third-order valence-electron chi connectivity index (χ3n) is 2.84. The maximum absolute atomic E-state index is 3.54. The van der Waals surface area contributed by atoms with Crippen LogP contribution in [0.2, 0.25) is 0 Å². The van der Waals surface area contributed by atoms with Crippen molar-refractivity contribution in [2.45, 2.75) is 38.3 Å². The van der Waals surface area contributed by atoms with E-state index in [-0.39, 0.29) is 0 Å². The third kappa shape index (κ3) is 1.74. The number of piperazine rings is 1. The summed E-state index contributed by atoms with van der Waals surface area (Å²) in [5, 5.41) is 3.54. The van der Waals surface area contributed by atoms with Crippen LogP contribution in [-0.4, -0.2) is 36.6 Å². The molecular weight excluding hydrogens is 136 g/mol. The van der Waals surface area contributed by atoms with Crippen molar-refractivity contribution in [1.82, 2.24) is 10.2 Å². The normalized spacial score (nSPS) is 34.1. The first-order valence-electron chi connectivity index (χ1n) is 4.87. The Kier molecular flexibility index (Phi) is 2.14. The second kappa shape index (κ2) is 3.11. The van der Waals surface area contributed by atoms with Gasteiger partial charge in [-0.3, -0.25) is 4.90 Å². The van der Waals surface area contributed by atoms with Gasteiger partial charge in [-0.1, -0.05) is 6.92 Å². The molecule has 0 spiro atoms. The van der Waals surface area contributed by atoms with Gasteiger partial charge in [-0.05, 0) is 19.3 Å². The SMILES string of the molecule is CCC1CN(C2CC2)CCN1. The topological polar surface area (TPSA) is 15.3 Å². The molecule has 2 aliphatic rings. The molecule has 0 aromatic rings. The first-order chi connectivity index (χ1) is 5.40. The number of nitrogens with zero attached hydrogens (tertiary/aromatic N) is 1. The fourth-order valence-electron chi connectivity index (χ4n) is 1.90. The van der Waals surface area contributed by atoms with Gasteiger partial charge < -0.3 is 5.32 Å². The van der Waals surface area contributed by atoms with Gasteiger partial charge in [-0.2, -0.15) is 0 Å². The summed E-state index contributed by atoms with van der Waals surface area (Å²) < 4.78 is 0. The second-order valence-electron chi connectivity index (χ2n) is 3.79. The maximum atomic E-state index is 3.54. The van der Waals surface area contributed by atoms with Crippen molar-refractivity contribution in [3.8, 4) is 0 Å². The lowest BCUT2D eigenvalue weighted by Crippen LogP contribution is -2.50. The molecule has 0 aromatic carbocycles. The summed E-state index contributed by atoms with van der Waals surface area (Å²) in [6.45, 7) is 6.05. The predicted octanol–water partition coefficient (Wildman–Crippen LogP) is 0.833. The van der Waals surface area contributed by atoms with Crippen LogP contribution in [0, 0.1) is 0 Å².